The van der Waals surface area contributed by atoms with Crippen molar-refractivity contribution in [1.82, 2.24) is 0 Å². The minimum Gasteiger partial charge on any atom is -0.481 e. The summed E-state index contributed by atoms with van der Waals surface area (Å²) in [7, 11) is -0.988. The molecule has 0 saturated heterocycles. The third-order valence-electron chi connectivity index (χ3n) is 2.16. The predicted molar refractivity (Wildman–Crippen MR) is 73.5 cm³/mol. The summed E-state index contributed by atoms with van der Waals surface area (Å²) in [5.41, 5.74) is 4.71. The Morgan fingerprint density at radius 3 is 2.75 bits per heavy atom. The van der Waals surface area contributed by atoms with Gasteiger partial charge in [-0.15, -0.1) is 0 Å². The average molecular weight is 303 g/mol. The lowest BCUT2D eigenvalue weighted by Crippen LogP contribution is -2.35. The van der Waals surface area contributed by atoms with Gasteiger partial charge in [0.1, 0.15) is 0 Å². The number of carbonyl (C=O) groups is 2. The first-order valence-corrected chi connectivity index (χ1v) is 7.07. The van der Waals surface area contributed by atoms with Gasteiger partial charge in [-0.2, -0.15) is 0 Å². The number of aliphatic imine (C=N–C) groups is 1. The third kappa shape index (κ3) is 4.42. The number of nitrogens with two attached hydrogens (primary N) is 1. The summed E-state index contributed by atoms with van der Waals surface area (Å²) in [5.74, 6) is -1.55. The van der Waals surface area contributed by atoms with E-state index in [1.54, 1.807) is 6.92 Å². The zero-order valence-corrected chi connectivity index (χ0v) is 12.3. The molecular formula is C11H17N3O5S. The van der Waals surface area contributed by atoms with Gasteiger partial charge in [-0.05, 0) is 20.8 Å². The lowest BCUT2D eigenvalue weighted by Gasteiger charge is -2.18. The lowest BCUT2D eigenvalue weighted by molar-refractivity contribution is -0.167. The zero-order chi connectivity index (χ0) is 15.3. The molecule has 0 aromatic heterocycles. The highest BCUT2D eigenvalue weighted by atomic mass is 32.2. The van der Waals surface area contributed by atoms with Crippen LogP contribution in [0.15, 0.2) is 20.6 Å². The van der Waals surface area contributed by atoms with Crippen molar-refractivity contribution in [3.05, 3.63) is 11.1 Å². The molecule has 112 valence electrons. The van der Waals surface area contributed by atoms with Gasteiger partial charge < -0.3 is 15.6 Å². The van der Waals surface area contributed by atoms with Crippen LogP contribution in [0.25, 0.3) is 0 Å². The maximum absolute atomic E-state index is 11.6. The second-order valence-corrected chi connectivity index (χ2v) is 5.77. The van der Waals surface area contributed by atoms with Gasteiger partial charge in [0.25, 0.3) is 0 Å². The number of amidine groups is 1. The maximum atomic E-state index is 11.6. The minimum atomic E-state index is -1.24. The molecule has 1 aliphatic rings. The summed E-state index contributed by atoms with van der Waals surface area (Å²) in [4.78, 5) is 31.2. The van der Waals surface area contributed by atoms with Crippen molar-refractivity contribution in [2.24, 2.45) is 15.3 Å². The fraction of sp³-hybridized carbons (Fsp3) is 0.545. The number of ether oxygens (including phenoxy) is 1. The molecule has 1 unspecified atom stereocenters. The molecule has 0 fully saturated rings. The molecule has 1 atom stereocenters. The molecule has 1 rings (SSSR count). The fourth-order valence-corrected chi connectivity index (χ4v) is 2.29. The Bertz CT molecular complexity index is 510. The number of carboxylic acids is 1. The molecule has 0 aromatic carbocycles. The SMILES string of the molecule is CCOC(=O)C(C)(C)O/N=S1/C=C(CC(=O)O)N=C1N. The van der Waals surface area contributed by atoms with Crippen molar-refractivity contribution < 1.29 is 24.3 Å². The highest BCUT2D eigenvalue weighted by Crippen LogP contribution is 2.18. The highest BCUT2D eigenvalue weighted by molar-refractivity contribution is 8.05. The number of hydrogen-bond acceptors (Lipinski definition) is 7. The van der Waals surface area contributed by atoms with Gasteiger partial charge in [-0.3, -0.25) is 4.79 Å². The average Bonchev–Trinajstić information content (AvgIpc) is 2.66. The number of esters is 1. The molecule has 0 bridgehead atoms. The first-order chi connectivity index (χ1) is 9.26. The summed E-state index contributed by atoms with van der Waals surface area (Å²) < 4.78 is 8.69. The van der Waals surface area contributed by atoms with Gasteiger partial charge in [0.05, 0.1) is 18.7 Å². The van der Waals surface area contributed by atoms with Crippen LogP contribution in [-0.4, -0.2) is 34.4 Å². The van der Waals surface area contributed by atoms with Crippen molar-refractivity contribution in [1.29, 1.82) is 0 Å². The van der Waals surface area contributed by atoms with Crippen molar-refractivity contribution >= 4 is 27.8 Å². The van der Waals surface area contributed by atoms with E-state index in [1.165, 1.54) is 19.3 Å². The molecule has 20 heavy (non-hydrogen) atoms. The second kappa shape index (κ2) is 6.62. The van der Waals surface area contributed by atoms with E-state index in [4.69, 9.17) is 20.4 Å². The molecular weight excluding hydrogens is 286 g/mol. The normalized spacial score (nSPS) is 18.6. The summed E-state index contributed by atoms with van der Waals surface area (Å²) in [5, 5.41) is 10.3. The van der Waals surface area contributed by atoms with E-state index in [0.29, 0.717) is 5.70 Å². The minimum absolute atomic E-state index is 0.154. The van der Waals surface area contributed by atoms with Gasteiger partial charge in [-0.25, -0.2) is 14.6 Å². The van der Waals surface area contributed by atoms with Crippen LogP contribution in [0.1, 0.15) is 27.2 Å². The Hall–Kier alpha value is -1.74. The standard InChI is InChI=1S/C11H17N3O5S/c1-4-18-9(17)11(2,3)19-14-20-6-7(5-8(15)16)13-10(20)12/h6H,4-5H2,1-3H3,(H2,12,13)(H,15,16). The monoisotopic (exact) mass is 303 g/mol. The Morgan fingerprint density at radius 2 is 2.20 bits per heavy atom. The predicted octanol–water partition coefficient (Wildman–Crippen LogP) is 0.706. The molecule has 0 aromatic rings. The van der Waals surface area contributed by atoms with Crippen molar-refractivity contribution in [2.45, 2.75) is 32.8 Å². The van der Waals surface area contributed by atoms with Gasteiger partial charge >= 0.3 is 11.9 Å². The molecule has 1 heterocycles. The van der Waals surface area contributed by atoms with E-state index in [9.17, 15) is 9.59 Å². The Balaban J connectivity index is 2.76. The van der Waals surface area contributed by atoms with E-state index in [-0.39, 0.29) is 18.2 Å². The number of aliphatic carboxylic acids is 1. The molecule has 8 nitrogen and oxygen atoms in total. The maximum Gasteiger partial charge on any atom is 0.340 e. The first kappa shape index (κ1) is 16.3. The second-order valence-electron chi connectivity index (χ2n) is 4.34. The van der Waals surface area contributed by atoms with Crippen molar-refractivity contribution in [2.75, 3.05) is 6.61 Å². The van der Waals surface area contributed by atoms with Crippen LogP contribution in [0.2, 0.25) is 0 Å². The van der Waals surface area contributed by atoms with Crippen LogP contribution in [-0.2, 0) is 29.9 Å². The number of hydrogen-bond donors (Lipinski definition) is 2. The van der Waals surface area contributed by atoms with Crippen LogP contribution in [0.3, 0.4) is 0 Å². The largest absolute Gasteiger partial charge is 0.481 e. The smallest absolute Gasteiger partial charge is 0.340 e. The molecule has 0 saturated carbocycles. The zero-order valence-electron chi connectivity index (χ0n) is 11.5. The number of rotatable bonds is 6. The quantitative estimate of drug-likeness (QED) is 0.550. The summed E-state index contributed by atoms with van der Waals surface area (Å²) in [6.45, 7) is 4.96. The summed E-state index contributed by atoms with van der Waals surface area (Å²) >= 11 is 0. The van der Waals surface area contributed by atoms with Crippen LogP contribution < -0.4 is 5.73 Å². The van der Waals surface area contributed by atoms with Crippen LogP contribution in [0.4, 0.5) is 0 Å². The molecule has 0 spiro atoms. The summed E-state index contributed by atoms with van der Waals surface area (Å²) in [6.07, 6.45) is -0.235. The molecule has 9 heteroatoms. The molecule has 3 N–H and O–H groups in total. The summed E-state index contributed by atoms with van der Waals surface area (Å²) in [6, 6.07) is 0. The highest BCUT2D eigenvalue weighted by Gasteiger charge is 2.31. The third-order valence-corrected chi connectivity index (χ3v) is 3.41. The Kier molecular flexibility index (Phi) is 5.40. The fourth-order valence-electron chi connectivity index (χ4n) is 1.18. The first-order valence-electron chi connectivity index (χ1n) is 5.82. The van der Waals surface area contributed by atoms with E-state index < -0.39 is 28.2 Å². The van der Waals surface area contributed by atoms with Gasteiger partial charge in [0.15, 0.2) is 10.8 Å². The van der Waals surface area contributed by atoms with Gasteiger partial charge in [0, 0.05) is 16.1 Å². The van der Waals surface area contributed by atoms with Gasteiger partial charge in [-0.1, -0.05) is 4.53 Å². The molecule has 0 aliphatic carbocycles. The van der Waals surface area contributed by atoms with Crippen LogP contribution in [0, 0.1) is 0 Å². The molecule has 1 aliphatic heterocycles. The van der Waals surface area contributed by atoms with Crippen LogP contribution >= 0.6 is 0 Å². The lowest BCUT2D eigenvalue weighted by atomic mass is 10.1. The van der Waals surface area contributed by atoms with E-state index in [1.807, 2.05) is 0 Å². The molecule has 0 radical (unpaired) electrons. The number of nitrogens with zero attached hydrogens (tertiary/aromatic N) is 2. The van der Waals surface area contributed by atoms with E-state index in [2.05, 4.69) is 9.52 Å². The van der Waals surface area contributed by atoms with Crippen molar-refractivity contribution in [3.63, 3.8) is 0 Å². The topological polar surface area (TPSA) is 124 Å². The van der Waals surface area contributed by atoms with Crippen molar-refractivity contribution in [3.8, 4) is 0 Å². The Morgan fingerprint density at radius 1 is 1.55 bits per heavy atom. The van der Waals surface area contributed by atoms with Crippen LogP contribution in [0.5, 0.6) is 0 Å². The number of carbonyl (C=O) groups excluding carboxylic acids is 1. The van der Waals surface area contributed by atoms with E-state index >= 15 is 0 Å². The van der Waals surface area contributed by atoms with E-state index in [0.717, 1.165) is 0 Å². The van der Waals surface area contributed by atoms with Gasteiger partial charge in [0.2, 0.25) is 0 Å². The Labute approximate surface area is 118 Å². The molecule has 0 amide bonds. The number of carboxylic acid groups (broad SMARTS) is 1.